The van der Waals surface area contributed by atoms with Gasteiger partial charge < -0.3 is 9.47 Å². The molecule has 1 fully saturated rings. The van der Waals surface area contributed by atoms with Crippen molar-refractivity contribution in [3.8, 4) is 0 Å². The topological polar surface area (TPSA) is 24.9 Å². The molecule has 4 heteroatoms. The van der Waals surface area contributed by atoms with Gasteiger partial charge in [0.15, 0.2) is 0 Å². The molecule has 0 radical (unpaired) electrons. The molecule has 1 heterocycles. The highest BCUT2D eigenvalue weighted by Crippen LogP contribution is 2.17. The fraction of sp³-hybridized carbons (Fsp3) is 1.00. The van der Waals surface area contributed by atoms with Crippen LogP contribution < -0.4 is 0 Å². The van der Waals surface area contributed by atoms with Gasteiger partial charge in [0.25, 0.3) is 0 Å². The van der Waals surface area contributed by atoms with Crippen LogP contribution in [-0.2, 0) is 9.47 Å². The molecule has 0 aliphatic carbocycles. The molecule has 0 atom stereocenters. The Kier molecular flexibility index (Phi) is 8.33. The van der Waals surface area contributed by atoms with E-state index in [0.717, 1.165) is 39.3 Å². The molecular formula is C18H38N2O2. The Bertz CT molecular complexity index is 286. The van der Waals surface area contributed by atoms with Gasteiger partial charge in [-0.3, -0.25) is 9.80 Å². The maximum atomic E-state index is 5.68. The molecule has 0 amide bonds. The summed E-state index contributed by atoms with van der Waals surface area (Å²) >= 11 is 0. The summed E-state index contributed by atoms with van der Waals surface area (Å²) in [6.45, 7) is 22.4. The number of rotatable bonds is 8. The number of hydrogen-bond donors (Lipinski definition) is 0. The smallest absolute Gasteiger partial charge is 0.0701 e. The van der Waals surface area contributed by atoms with Gasteiger partial charge in [-0.05, 0) is 32.6 Å². The molecule has 0 aromatic heterocycles. The van der Waals surface area contributed by atoms with Crippen LogP contribution in [-0.4, -0.2) is 74.5 Å². The number of piperazine rings is 1. The van der Waals surface area contributed by atoms with Crippen molar-refractivity contribution >= 4 is 0 Å². The molecule has 0 spiro atoms. The summed E-state index contributed by atoms with van der Waals surface area (Å²) in [4.78, 5) is 5.07. The predicted octanol–water partition coefficient (Wildman–Crippen LogP) is 2.87. The zero-order valence-corrected chi connectivity index (χ0v) is 15.8. The lowest BCUT2D eigenvalue weighted by Gasteiger charge is -2.42. The summed E-state index contributed by atoms with van der Waals surface area (Å²) in [5.74, 6) is 0. The highest BCUT2D eigenvalue weighted by atomic mass is 16.5. The maximum absolute atomic E-state index is 5.68. The van der Waals surface area contributed by atoms with Crippen molar-refractivity contribution < 1.29 is 9.47 Å². The zero-order valence-electron chi connectivity index (χ0n) is 15.8. The maximum Gasteiger partial charge on any atom is 0.0701 e. The minimum absolute atomic E-state index is 0.299. The van der Waals surface area contributed by atoms with Crippen LogP contribution >= 0.6 is 0 Å². The van der Waals surface area contributed by atoms with Gasteiger partial charge in [0.05, 0.1) is 19.8 Å². The first kappa shape index (κ1) is 19.9. The average Bonchev–Trinajstić information content (AvgIpc) is 2.40. The highest BCUT2D eigenvalue weighted by molar-refractivity contribution is 4.81. The van der Waals surface area contributed by atoms with E-state index < -0.39 is 0 Å². The number of ether oxygens (including phenoxy) is 2. The molecule has 0 N–H and O–H groups in total. The van der Waals surface area contributed by atoms with E-state index in [1.165, 1.54) is 13.1 Å². The molecule has 1 saturated heterocycles. The summed E-state index contributed by atoms with van der Waals surface area (Å²) in [5, 5.41) is 0. The second-order valence-corrected chi connectivity index (χ2v) is 8.53. The second kappa shape index (κ2) is 9.21. The van der Waals surface area contributed by atoms with E-state index in [0.29, 0.717) is 24.2 Å². The van der Waals surface area contributed by atoms with Crippen LogP contribution in [0.4, 0.5) is 0 Å². The van der Waals surface area contributed by atoms with Gasteiger partial charge in [-0.2, -0.15) is 0 Å². The third kappa shape index (κ3) is 9.09. The summed E-state index contributed by atoms with van der Waals surface area (Å²) in [6, 6.07) is 0. The van der Waals surface area contributed by atoms with Crippen molar-refractivity contribution in [2.75, 3.05) is 59.2 Å². The second-order valence-electron chi connectivity index (χ2n) is 8.53. The quantitative estimate of drug-likeness (QED) is 0.643. The molecule has 22 heavy (non-hydrogen) atoms. The zero-order chi connectivity index (χ0) is 16.6. The summed E-state index contributed by atoms with van der Waals surface area (Å²) in [7, 11) is 0. The lowest BCUT2D eigenvalue weighted by molar-refractivity contribution is 0.0172. The Morgan fingerprint density at radius 1 is 0.727 bits per heavy atom. The molecule has 0 unspecified atom stereocenters. The third-order valence-corrected chi connectivity index (χ3v) is 4.24. The van der Waals surface area contributed by atoms with Crippen LogP contribution in [0.15, 0.2) is 0 Å². The minimum Gasteiger partial charge on any atom is -0.379 e. The predicted molar refractivity (Wildman–Crippen MR) is 93.5 cm³/mol. The first-order valence-corrected chi connectivity index (χ1v) is 8.81. The average molecular weight is 315 g/mol. The highest BCUT2D eigenvalue weighted by Gasteiger charge is 2.25. The van der Waals surface area contributed by atoms with Crippen LogP contribution in [0.3, 0.4) is 0 Å². The van der Waals surface area contributed by atoms with Crippen molar-refractivity contribution in [2.24, 2.45) is 5.41 Å². The standard InChI is InChI=1S/C18H38N2O2/c1-17(2,3)7-13-21-15-16-22-14-12-19-8-10-20(11-9-19)18(4,5)6/h7-16H2,1-6H3. The van der Waals surface area contributed by atoms with Gasteiger partial charge in [-0.25, -0.2) is 0 Å². The Morgan fingerprint density at radius 3 is 1.77 bits per heavy atom. The van der Waals surface area contributed by atoms with E-state index >= 15 is 0 Å². The van der Waals surface area contributed by atoms with Gasteiger partial charge in [0.1, 0.15) is 0 Å². The molecule has 1 aliphatic rings. The summed E-state index contributed by atoms with van der Waals surface area (Å²) < 4.78 is 11.3. The van der Waals surface area contributed by atoms with Crippen molar-refractivity contribution in [1.82, 2.24) is 9.80 Å². The van der Waals surface area contributed by atoms with Crippen LogP contribution in [0, 0.1) is 5.41 Å². The van der Waals surface area contributed by atoms with Gasteiger partial charge in [0, 0.05) is 44.9 Å². The molecular weight excluding hydrogens is 276 g/mol. The summed E-state index contributed by atoms with van der Waals surface area (Å²) in [6.07, 6.45) is 1.10. The normalized spacial score (nSPS) is 18.8. The van der Waals surface area contributed by atoms with Gasteiger partial charge in [-0.15, -0.1) is 0 Å². The molecule has 1 rings (SSSR count). The van der Waals surface area contributed by atoms with Gasteiger partial charge >= 0.3 is 0 Å². The fourth-order valence-electron chi connectivity index (χ4n) is 2.54. The molecule has 0 aromatic rings. The van der Waals surface area contributed by atoms with Crippen molar-refractivity contribution in [2.45, 2.75) is 53.5 Å². The molecule has 0 saturated carbocycles. The monoisotopic (exact) mass is 314 g/mol. The fourth-order valence-corrected chi connectivity index (χ4v) is 2.54. The van der Waals surface area contributed by atoms with Gasteiger partial charge in [0.2, 0.25) is 0 Å². The summed E-state index contributed by atoms with van der Waals surface area (Å²) in [5.41, 5.74) is 0.656. The van der Waals surface area contributed by atoms with Crippen molar-refractivity contribution in [1.29, 1.82) is 0 Å². The van der Waals surface area contributed by atoms with Crippen LogP contribution in [0.5, 0.6) is 0 Å². The molecule has 132 valence electrons. The molecule has 1 aliphatic heterocycles. The first-order chi connectivity index (χ1) is 10.2. The van der Waals surface area contributed by atoms with Gasteiger partial charge in [-0.1, -0.05) is 20.8 Å². The lowest BCUT2D eigenvalue weighted by Crippen LogP contribution is -2.53. The molecule has 0 bridgehead atoms. The Balaban J connectivity index is 1.94. The van der Waals surface area contributed by atoms with Crippen LogP contribution in [0.1, 0.15) is 48.0 Å². The van der Waals surface area contributed by atoms with E-state index in [-0.39, 0.29) is 0 Å². The molecule has 4 nitrogen and oxygen atoms in total. The van der Waals surface area contributed by atoms with E-state index in [1.54, 1.807) is 0 Å². The van der Waals surface area contributed by atoms with E-state index in [1.807, 2.05) is 0 Å². The van der Waals surface area contributed by atoms with Crippen LogP contribution in [0.2, 0.25) is 0 Å². The van der Waals surface area contributed by atoms with E-state index in [9.17, 15) is 0 Å². The Labute approximate surface area is 138 Å². The Morgan fingerprint density at radius 2 is 1.27 bits per heavy atom. The van der Waals surface area contributed by atoms with E-state index in [2.05, 4.69) is 51.3 Å². The molecule has 0 aromatic carbocycles. The largest absolute Gasteiger partial charge is 0.379 e. The lowest BCUT2D eigenvalue weighted by atomic mass is 9.93. The first-order valence-electron chi connectivity index (χ1n) is 8.81. The third-order valence-electron chi connectivity index (χ3n) is 4.24. The van der Waals surface area contributed by atoms with Crippen LogP contribution in [0.25, 0.3) is 0 Å². The minimum atomic E-state index is 0.299. The number of hydrogen-bond acceptors (Lipinski definition) is 4. The van der Waals surface area contributed by atoms with Crippen molar-refractivity contribution in [3.05, 3.63) is 0 Å². The SMILES string of the molecule is CC(C)(C)CCOCCOCCN1CCN(C(C)(C)C)CC1. The number of nitrogens with zero attached hydrogens (tertiary/aromatic N) is 2. The Hall–Kier alpha value is -0.160. The van der Waals surface area contributed by atoms with Crippen molar-refractivity contribution in [3.63, 3.8) is 0 Å². The van der Waals surface area contributed by atoms with E-state index in [4.69, 9.17) is 9.47 Å².